The maximum Gasteiger partial charge on any atom is -0.00262 e. The SMILES string of the molecule is Cc1c2ccccc2c(-c2ccc3cc(-c4c5ccccc5c(-c5ccc6ccccc6c5)c5ccccc45)ccc3c2)c2ccccc12. The van der Waals surface area contributed by atoms with E-state index in [4.69, 9.17) is 0 Å². The molecule has 0 unspecified atom stereocenters. The first-order valence-corrected chi connectivity index (χ1v) is 17.1. The lowest BCUT2D eigenvalue weighted by molar-refractivity contribution is 1.58. The van der Waals surface area contributed by atoms with E-state index in [1.807, 2.05) is 0 Å². The van der Waals surface area contributed by atoms with Crippen molar-refractivity contribution in [3.8, 4) is 33.4 Å². The molecular weight excluding hydrogens is 589 g/mol. The van der Waals surface area contributed by atoms with Gasteiger partial charge in [0.2, 0.25) is 0 Å². The summed E-state index contributed by atoms with van der Waals surface area (Å²) in [5.74, 6) is 0. The van der Waals surface area contributed by atoms with Crippen molar-refractivity contribution in [1.82, 2.24) is 0 Å². The average Bonchev–Trinajstić information content (AvgIpc) is 3.16. The normalized spacial score (nSPS) is 11.8. The second-order valence-electron chi connectivity index (χ2n) is 13.3. The third-order valence-electron chi connectivity index (χ3n) is 10.6. The van der Waals surface area contributed by atoms with Crippen molar-refractivity contribution in [3.05, 3.63) is 181 Å². The fraction of sp³-hybridized carbons (Fsp3) is 0.0204. The highest BCUT2D eigenvalue weighted by molar-refractivity contribution is 6.22. The van der Waals surface area contributed by atoms with E-state index in [0.717, 1.165) is 0 Å². The second-order valence-corrected chi connectivity index (χ2v) is 13.3. The molecule has 0 heterocycles. The quantitative estimate of drug-likeness (QED) is 0.172. The predicted octanol–water partition coefficient (Wildman–Crippen LogP) is 13.9. The maximum absolute atomic E-state index is 2.38. The Morgan fingerprint density at radius 3 is 0.898 bits per heavy atom. The Balaban J connectivity index is 1.18. The molecule has 0 fully saturated rings. The molecule has 0 aromatic heterocycles. The van der Waals surface area contributed by atoms with Crippen molar-refractivity contribution in [1.29, 1.82) is 0 Å². The van der Waals surface area contributed by atoms with Crippen LogP contribution in [0.3, 0.4) is 0 Å². The van der Waals surface area contributed by atoms with Gasteiger partial charge in [-0.1, -0.05) is 158 Å². The monoisotopic (exact) mass is 620 g/mol. The third kappa shape index (κ3) is 4.31. The first-order chi connectivity index (χ1) is 24.2. The number of fused-ring (bicyclic) bond motifs is 6. The number of rotatable bonds is 3. The maximum atomic E-state index is 2.38. The summed E-state index contributed by atoms with van der Waals surface area (Å²) in [6.45, 7) is 2.25. The molecule has 228 valence electrons. The molecule has 0 saturated carbocycles. The van der Waals surface area contributed by atoms with E-state index in [0.29, 0.717) is 0 Å². The molecule has 10 aromatic carbocycles. The van der Waals surface area contributed by atoms with Gasteiger partial charge in [0, 0.05) is 0 Å². The van der Waals surface area contributed by atoms with E-state index in [9.17, 15) is 0 Å². The zero-order chi connectivity index (χ0) is 32.5. The molecule has 0 heteroatoms. The Bertz CT molecular complexity index is 2830. The minimum atomic E-state index is 1.24. The molecule has 0 radical (unpaired) electrons. The summed E-state index contributed by atoms with van der Waals surface area (Å²) in [7, 11) is 0. The molecule has 0 aliphatic rings. The van der Waals surface area contributed by atoms with E-state index in [1.54, 1.807) is 0 Å². The Hall–Kier alpha value is -6.24. The Morgan fingerprint density at radius 2 is 0.510 bits per heavy atom. The van der Waals surface area contributed by atoms with Gasteiger partial charge < -0.3 is 0 Å². The van der Waals surface area contributed by atoms with Gasteiger partial charge in [-0.3, -0.25) is 0 Å². The molecule has 0 atom stereocenters. The van der Waals surface area contributed by atoms with Gasteiger partial charge in [-0.25, -0.2) is 0 Å². The Morgan fingerprint density at radius 1 is 0.245 bits per heavy atom. The molecule has 0 aliphatic carbocycles. The van der Waals surface area contributed by atoms with Gasteiger partial charge in [-0.2, -0.15) is 0 Å². The summed E-state index contributed by atoms with van der Waals surface area (Å²) in [5, 5.41) is 15.4. The predicted molar refractivity (Wildman–Crippen MR) is 213 cm³/mol. The number of benzene rings is 10. The van der Waals surface area contributed by atoms with Crippen LogP contribution in [0.5, 0.6) is 0 Å². The van der Waals surface area contributed by atoms with Crippen molar-refractivity contribution in [3.63, 3.8) is 0 Å². The van der Waals surface area contributed by atoms with Crippen LogP contribution in [-0.2, 0) is 0 Å². The van der Waals surface area contributed by atoms with Crippen molar-refractivity contribution < 1.29 is 0 Å². The summed E-state index contributed by atoms with van der Waals surface area (Å²) >= 11 is 0. The van der Waals surface area contributed by atoms with Gasteiger partial charge in [-0.15, -0.1) is 0 Å². The zero-order valence-electron chi connectivity index (χ0n) is 27.2. The summed E-state index contributed by atoms with van der Waals surface area (Å²) < 4.78 is 0. The molecule has 0 aliphatic heterocycles. The molecule has 0 bridgehead atoms. The number of aryl methyl sites for hydroxylation is 1. The second kappa shape index (κ2) is 10.9. The molecule has 0 N–H and O–H groups in total. The highest BCUT2D eigenvalue weighted by atomic mass is 14.2. The van der Waals surface area contributed by atoms with Crippen LogP contribution in [0.15, 0.2) is 176 Å². The minimum absolute atomic E-state index is 1.24. The molecule has 0 nitrogen and oxygen atoms in total. The number of hydrogen-bond acceptors (Lipinski definition) is 0. The highest BCUT2D eigenvalue weighted by Crippen LogP contribution is 2.45. The summed E-state index contributed by atoms with van der Waals surface area (Å²) in [5.41, 5.74) is 8.98. The van der Waals surface area contributed by atoms with E-state index >= 15 is 0 Å². The van der Waals surface area contributed by atoms with Crippen LogP contribution in [0.4, 0.5) is 0 Å². The molecule has 0 spiro atoms. The Kier molecular flexibility index (Phi) is 6.19. The van der Waals surface area contributed by atoms with Crippen LogP contribution in [0, 0.1) is 6.92 Å². The standard InChI is InChI=1S/C49H32/c1-31-39-14-4-6-16-41(39)47(42-17-7-5-15-40(31)42)37-26-23-35-30-38(27-24-34(35)29-37)49-45-20-10-8-18-43(45)48(44-19-9-11-21-46(44)49)36-25-22-32-12-2-3-13-33(32)28-36/h2-30H,1H3. The van der Waals surface area contributed by atoms with Crippen molar-refractivity contribution in [2.45, 2.75) is 6.92 Å². The third-order valence-corrected chi connectivity index (χ3v) is 10.6. The summed E-state index contributed by atoms with van der Waals surface area (Å²) in [6, 6.07) is 65.1. The summed E-state index contributed by atoms with van der Waals surface area (Å²) in [4.78, 5) is 0. The number of hydrogen-bond donors (Lipinski definition) is 0. The van der Waals surface area contributed by atoms with Crippen LogP contribution >= 0.6 is 0 Å². The molecule has 0 saturated heterocycles. The molecule has 10 rings (SSSR count). The largest absolute Gasteiger partial charge is 0.0616 e. The van der Waals surface area contributed by atoms with Crippen LogP contribution in [0.1, 0.15) is 5.56 Å². The van der Waals surface area contributed by atoms with Crippen molar-refractivity contribution in [2.75, 3.05) is 0 Å². The van der Waals surface area contributed by atoms with Crippen LogP contribution < -0.4 is 0 Å². The van der Waals surface area contributed by atoms with Crippen LogP contribution in [0.25, 0.3) is 98.0 Å². The van der Waals surface area contributed by atoms with Crippen LogP contribution in [0.2, 0.25) is 0 Å². The van der Waals surface area contributed by atoms with Gasteiger partial charge in [0.25, 0.3) is 0 Å². The fourth-order valence-electron chi connectivity index (χ4n) is 8.31. The fourth-order valence-corrected chi connectivity index (χ4v) is 8.31. The van der Waals surface area contributed by atoms with Gasteiger partial charge in [-0.05, 0) is 129 Å². The smallest absolute Gasteiger partial charge is 0.00262 e. The molecular formula is C49H32. The van der Waals surface area contributed by atoms with E-state index < -0.39 is 0 Å². The first kappa shape index (κ1) is 27.8. The van der Waals surface area contributed by atoms with Gasteiger partial charge in [0.05, 0.1) is 0 Å². The minimum Gasteiger partial charge on any atom is -0.0616 e. The van der Waals surface area contributed by atoms with Gasteiger partial charge >= 0.3 is 0 Å². The molecule has 10 aromatic rings. The molecule has 49 heavy (non-hydrogen) atoms. The van der Waals surface area contributed by atoms with E-state index in [1.165, 1.54) is 104 Å². The van der Waals surface area contributed by atoms with Gasteiger partial charge in [0.1, 0.15) is 0 Å². The lowest BCUT2D eigenvalue weighted by Crippen LogP contribution is -1.91. The lowest BCUT2D eigenvalue weighted by Gasteiger charge is -2.18. The highest BCUT2D eigenvalue weighted by Gasteiger charge is 2.18. The van der Waals surface area contributed by atoms with Crippen LogP contribution in [-0.4, -0.2) is 0 Å². The van der Waals surface area contributed by atoms with Crippen molar-refractivity contribution >= 4 is 64.6 Å². The first-order valence-electron chi connectivity index (χ1n) is 17.1. The topological polar surface area (TPSA) is 0 Å². The summed E-state index contributed by atoms with van der Waals surface area (Å²) in [6.07, 6.45) is 0. The zero-order valence-corrected chi connectivity index (χ0v) is 27.2. The molecule has 0 amide bonds. The van der Waals surface area contributed by atoms with Gasteiger partial charge in [0.15, 0.2) is 0 Å². The van der Waals surface area contributed by atoms with E-state index in [2.05, 4.69) is 183 Å². The average molecular weight is 621 g/mol. The Labute approximate surface area is 285 Å². The lowest BCUT2D eigenvalue weighted by atomic mass is 9.85. The van der Waals surface area contributed by atoms with Crippen molar-refractivity contribution in [2.24, 2.45) is 0 Å². The van der Waals surface area contributed by atoms with E-state index in [-0.39, 0.29) is 0 Å².